The van der Waals surface area contributed by atoms with E-state index in [9.17, 15) is 22.2 Å². The van der Waals surface area contributed by atoms with Gasteiger partial charge in [-0.25, -0.2) is 0 Å². The molecule has 1 aromatic rings. The third kappa shape index (κ3) is 6.72. The van der Waals surface area contributed by atoms with Crippen LogP contribution in [0.2, 0.25) is 10.0 Å². The van der Waals surface area contributed by atoms with Crippen LogP contribution in [0.5, 0.6) is 0 Å². The molecule has 0 radical (unpaired) electrons. The normalized spacial score (nSPS) is 15.5. The zero-order chi connectivity index (χ0) is 20.1. The summed E-state index contributed by atoms with van der Waals surface area (Å²) in [4.78, 5) is 10.9. The molecule has 0 aliphatic carbocycles. The van der Waals surface area contributed by atoms with E-state index in [4.69, 9.17) is 34.7 Å². The molecule has 0 saturated heterocycles. The minimum absolute atomic E-state index is 0.120. The summed E-state index contributed by atoms with van der Waals surface area (Å²) in [5, 5.41) is -0.841. The lowest BCUT2D eigenvalue weighted by atomic mass is 10.1. The Kier molecular flexibility index (Phi) is 8.85. The molecule has 4 N–H and O–H groups in total. The van der Waals surface area contributed by atoms with Crippen LogP contribution in [-0.2, 0) is 27.5 Å². The molecule has 26 heavy (non-hydrogen) atoms. The van der Waals surface area contributed by atoms with Gasteiger partial charge in [0, 0.05) is 38.9 Å². The van der Waals surface area contributed by atoms with E-state index in [1.165, 1.54) is 0 Å². The highest BCUT2D eigenvalue weighted by Gasteiger charge is 2.32. The highest BCUT2D eigenvalue weighted by molar-refractivity contribution is 7.84. The number of nitrogens with two attached hydrogens (primary N) is 2. The number of amides is 1. The average Bonchev–Trinajstić information content (AvgIpc) is 2.52. The quantitative estimate of drug-likeness (QED) is 0.617. The highest BCUT2D eigenvalue weighted by atomic mass is 35.5. The van der Waals surface area contributed by atoms with Gasteiger partial charge in [0.1, 0.15) is 0 Å². The molecule has 0 saturated carbocycles. The van der Waals surface area contributed by atoms with Gasteiger partial charge < -0.3 is 11.5 Å². The number of halogens is 5. The lowest BCUT2D eigenvalue weighted by Crippen LogP contribution is -2.38. The lowest BCUT2D eigenvalue weighted by Gasteiger charge is -2.23. The maximum atomic E-state index is 12.8. The molecule has 148 valence electrons. The Morgan fingerprint density at radius 1 is 1.27 bits per heavy atom. The molecular weight excluding hydrogens is 412 g/mol. The zero-order valence-corrected chi connectivity index (χ0v) is 16.4. The van der Waals surface area contributed by atoms with Crippen LogP contribution in [0.4, 0.5) is 13.2 Å². The molecule has 4 nitrogen and oxygen atoms in total. The Balaban J connectivity index is 2.99. The van der Waals surface area contributed by atoms with Gasteiger partial charge in [0.05, 0.1) is 16.6 Å². The molecule has 0 fully saturated rings. The van der Waals surface area contributed by atoms with Gasteiger partial charge in [-0.15, -0.1) is 0 Å². The van der Waals surface area contributed by atoms with Crippen LogP contribution < -0.4 is 11.5 Å². The van der Waals surface area contributed by atoms with E-state index >= 15 is 0 Å². The number of alkyl halides is 3. The first-order valence-corrected chi connectivity index (χ1v) is 10.1. The van der Waals surface area contributed by atoms with Gasteiger partial charge in [0.2, 0.25) is 5.91 Å². The number of rotatable bonds is 9. The van der Waals surface area contributed by atoms with Crippen LogP contribution in [0, 0.1) is 0 Å². The molecule has 0 heterocycles. The minimum Gasteiger partial charge on any atom is -0.370 e. The van der Waals surface area contributed by atoms with E-state index in [0.29, 0.717) is 19.3 Å². The van der Waals surface area contributed by atoms with E-state index in [1.54, 1.807) is 0 Å². The van der Waals surface area contributed by atoms with Gasteiger partial charge in [-0.1, -0.05) is 30.1 Å². The third-order valence-corrected chi connectivity index (χ3v) is 6.46. The van der Waals surface area contributed by atoms with Crippen molar-refractivity contribution in [2.75, 3.05) is 0 Å². The average molecular weight is 433 g/mol. The Labute approximate surface area is 162 Å². The van der Waals surface area contributed by atoms with Crippen LogP contribution in [0.1, 0.15) is 43.7 Å². The molecule has 0 spiro atoms. The van der Waals surface area contributed by atoms with Gasteiger partial charge in [0.25, 0.3) is 0 Å². The largest absolute Gasteiger partial charge is 0.416 e. The summed E-state index contributed by atoms with van der Waals surface area (Å²) in [7, 11) is -1.53. The first kappa shape index (κ1) is 23.2. The minimum atomic E-state index is -4.58. The summed E-state index contributed by atoms with van der Waals surface area (Å²) < 4.78 is 51.1. The van der Waals surface area contributed by atoms with Gasteiger partial charge in [-0.2, -0.15) is 13.2 Å². The topological polar surface area (TPSA) is 86.2 Å². The number of benzene rings is 1. The monoisotopic (exact) mass is 432 g/mol. The predicted molar refractivity (Wildman–Crippen MR) is 98.4 cm³/mol. The Hall–Kier alpha value is -0.830. The molecule has 0 aromatic heterocycles. The third-order valence-electron chi connectivity index (χ3n) is 3.95. The summed E-state index contributed by atoms with van der Waals surface area (Å²) in [6.45, 7) is 1.83. The van der Waals surface area contributed by atoms with E-state index in [0.717, 1.165) is 12.1 Å². The van der Waals surface area contributed by atoms with E-state index < -0.39 is 39.7 Å². The summed E-state index contributed by atoms with van der Waals surface area (Å²) in [5.74, 6) is -0.585. The molecule has 1 rings (SSSR count). The van der Waals surface area contributed by atoms with E-state index in [2.05, 4.69) is 0 Å². The van der Waals surface area contributed by atoms with Crippen molar-refractivity contribution in [1.29, 1.82) is 0 Å². The molecule has 10 heteroatoms. The lowest BCUT2D eigenvalue weighted by molar-refractivity contribution is -0.137. The van der Waals surface area contributed by atoms with Crippen molar-refractivity contribution in [2.45, 2.75) is 55.8 Å². The highest BCUT2D eigenvalue weighted by Crippen LogP contribution is 2.36. The fourth-order valence-electron chi connectivity index (χ4n) is 2.43. The summed E-state index contributed by atoms with van der Waals surface area (Å²) >= 11 is 11.9. The van der Waals surface area contributed by atoms with Gasteiger partial charge in [0.15, 0.2) is 0 Å². The van der Waals surface area contributed by atoms with Crippen molar-refractivity contribution in [3.63, 3.8) is 0 Å². The summed E-state index contributed by atoms with van der Waals surface area (Å²) in [6, 6.07) is 1.14. The molecule has 3 atom stereocenters. The number of hydrogen-bond donors (Lipinski definition) is 2. The summed E-state index contributed by atoms with van der Waals surface area (Å²) in [5.41, 5.74) is 10.3. The van der Waals surface area contributed by atoms with Crippen molar-refractivity contribution in [1.82, 2.24) is 0 Å². The predicted octanol–water partition coefficient (Wildman–Crippen LogP) is 4.02. The second-order valence-electron chi connectivity index (χ2n) is 5.91. The second kappa shape index (κ2) is 9.92. The zero-order valence-electron chi connectivity index (χ0n) is 14.1. The molecule has 0 aliphatic rings. The van der Waals surface area contributed by atoms with Gasteiger partial charge in [-0.05, 0) is 31.4 Å². The number of primary amides is 1. The van der Waals surface area contributed by atoms with Crippen LogP contribution in [-0.4, -0.2) is 21.4 Å². The van der Waals surface area contributed by atoms with Crippen LogP contribution in [0.15, 0.2) is 12.1 Å². The van der Waals surface area contributed by atoms with Crippen molar-refractivity contribution in [3.05, 3.63) is 33.3 Å². The molecule has 0 aliphatic heterocycles. The number of carbonyl (C=O) groups is 1. The smallest absolute Gasteiger partial charge is 0.370 e. The van der Waals surface area contributed by atoms with Crippen LogP contribution in [0.25, 0.3) is 0 Å². The second-order valence-corrected chi connectivity index (χ2v) is 8.38. The molecule has 3 unspecified atom stereocenters. The van der Waals surface area contributed by atoms with Gasteiger partial charge >= 0.3 is 6.18 Å². The van der Waals surface area contributed by atoms with Crippen molar-refractivity contribution >= 4 is 39.9 Å². The van der Waals surface area contributed by atoms with Crippen molar-refractivity contribution < 1.29 is 22.2 Å². The van der Waals surface area contributed by atoms with Crippen LogP contribution >= 0.6 is 23.2 Å². The molecule has 1 amide bonds. The first-order chi connectivity index (χ1) is 12.0. The Morgan fingerprint density at radius 2 is 1.81 bits per heavy atom. The van der Waals surface area contributed by atoms with Crippen molar-refractivity contribution in [2.24, 2.45) is 11.5 Å². The van der Waals surface area contributed by atoms with Crippen LogP contribution in [0.3, 0.4) is 0 Å². The number of hydrogen-bond acceptors (Lipinski definition) is 3. The first-order valence-electron chi connectivity index (χ1n) is 7.93. The molecule has 0 bridgehead atoms. The standard InChI is InChI=1S/C16H21Cl2F3N2O2S/c1-2-13(22)14(4-3-5-15(23)24)26(25)8-10-11(17)6-9(7-12(10)18)16(19,20)21/h6-7,13-14H,2-5,8,22H2,1H3,(H2,23,24). The summed E-state index contributed by atoms with van der Waals surface area (Å²) in [6.07, 6.45) is -3.05. The number of carbonyl (C=O) groups excluding carboxylic acids is 1. The fourth-order valence-corrected chi connectivity index (χ4v) is 5.04. The van der Waals surface area contributed by atoms with E-state index in [-0.39, 0.29) is 27.8 Å². The Morgan fingerprint density at radius 3 is 2.23 bits per heavy atom. The van der Waals surface area contributed by atoms with E-state index in [1.807, 2.05) is 6.92 Å². The SMILES string of the molecule is CCC(N)C(CCCC(N)=O)S(=O)Cc1c(Cl)cc(C(F)(F)F)cc1Cl. The van der Waals surface area contributed by atoms with Gasteiger partial charge in [-0.3, -0.25) is 9.00 Å². The maximum absolute atomic E-state index is 12.8. The Bertz CT molecular complexity index is 648. The molecule has 1 aromatic carbocycles. The maximum Gasteiger partial charge on any atom is 0.416 e. The molecular formula is C16H21Cl2F3N2O2S. The fraction of sp³-hybridized carbons (Fsp3) is 0.562. The van der Waals surface area contributed by atoms with Crippen molar-refractivity contribution in [3.8, 4) is 0 Å².